The number of fused-ring (bicyclic) bond motifs is 1. The number of aryl methyl sites for hydroxylation is 1. The molecule has 0 amide bonds. The van der Waals surface area contributed by atoms with Crippen LogP contribution in [0.4, 0.5) is 0 Å². The van der Waals surface area contributed by atoms with Gasteiger partial charge in [-0.1, -0.05) is 15.9 Å². The van der Waals surface area contributed by atoms with E-state index < -0.39 is 0 Å². The topological polar surface area (TPSA) is 17.8 Å². The summed E-state index contributed by atoms with van der Waals surface area (Å²) in [7, 11) is 0. The number of rotatable bonds is 3. The van der Waals surface area contributed by atoms with Crippen molar-refractivity contribution in [1.82, 2.24) is 9.55 Å². The van der Waals surface area contributed by atoms with Gasteiger partial charge in [0, 0.05) is 22.3 Å². The third-order valence-corrected chi connectivity index (χ3v) is 4.66. The smallest absolute Gasteiger partial charge is 0.111 e. The average molecular weight is 328 g/mol. The van der Waals surface area contributed by atoms with Gasteiger partial charge in [0.15, 0.2) is 0 Å². The molecule has 0 unspecified atom stereocenters. The molecule has 1 saturated carbocycles. The van der Waals surface area contributed by atoms with E-state index >= 15 is 0 Å². The van der Waals surface area contributed by atoms with Crippen LogP contribution in [0.1, 0.15) is 32.0 Å². The fourth-order valence-corrected chi connectivity index (χ4v) is 3.39. The molecule has 1 aromatic carbocycles. The zero-order valence-corrected chi connectivity index (χ0v) is 12.8. The Labute approximate surface area is 120 Å². The third-order valence-electron chi connectivity index (χ3n) is 3.97. The fraction of sp³-hybridized carbons (Fsp3) is 0.500. The lowest BCUT2D eigenvalue weighted by molar-refractivity contribution is 0.170. The first kappa shape index (κ1) is 12.5. The van der Waals surface area contributed by atoms with E-state index in [2.05, 4.69) is 45.6 Å². The number of imidazole rings is 1. The number of alkyl halides is 1. The van der Waals surface area contributed by atoms with Crippen molar-refractivity contribution in [3.8, 4) is 0 Å². The first-order valence-corrected chi connectivity index (χ1v) is 7.70. The fourth-order valence-electron chi connectivity index (χ4n) is 2.87. The van der Waals surface area contributed by atoms with Gasteiger partial charge in [0.1, 0.15) is 5.82 Å². The maximum Gasteiger partial charge on any atom is 0.111 e. The lowest BCUT2D eigenvalue weighted by Crippen LogP contribution is -2.38. The van der Waals surface area contributed by atoms with E-state index in [0.717, 1.165) is 22.2 Å². The van der Waals surface area contributed by atoms with E-state index in [4.69, 9.17) is 16.6 Å². The van der Waals surface area contributed by atoms with Crippen LogP contribution in [0.25, 0.3) is 11.0 Å². The van der Waals surface area contributed by atoms with Crippen molar-refractivity contribution in [3.63, 3.8) is 0 Å². The number of halogens is 2. The van der Waals surface area contributed by atoms with Crippen molar-refractivity contribution in [2.45, 2.75) is 38.1 Å². The normalized spacial score (nSPS) is 17.9. The van der Waals surface area contributed by atoms with Crippen LogP contribution in [0.5, 0.6) is 0 Å². The molecule has 2 nitrogen and oxygen atoms in total. The first-order chi connectivity index (χ1) is 8.64. The van der Waals surface area contributed by atoms with Gasteiger partial charge in [0.2, 0.25) is 0 Å². The Kier molecular flexibility index (Phi) is 3.15. The van der Waals surface area contributed by atoms with Crippen LogP contribution in [0.3, 0.4) is 0 Å². The highest BCUT2D eigenvalue weighted by atomic mass is 79.9. The van der Waals surface area contributed by atoms with Gasteiger partial charge in [-0.2, -0.15) is 0 Å². The van der Waals surface area contributed by atoms with Crippen molar-refractivity contribution in [2.24, 2.45) is 0 Å². The Morgan fingerprint density at radius 2 is 2.22 bits per heavy atom. The maximum atomic E-state index is 5.92. The Morgan fingerprint density at radius 3 is 2.83 bits per heavy atom. The molecule has 4 heteroatoms. The molecule has 1 aliphatic carbocycles. The van der Waals surface area contributed by atoms with E-state index in [1.54, 1.807) is 0 Å². The van der Waals surface area contributed by atoms with Crippen molar-refractivity contribution in [1.29, 1.82) is 0 Å². The third kappa shape index (κ3) is 1.88. The van der Waals surface area contributed by atoms with Crippen LogP contribution < -0.4 is 0 Å². The molecule has 1 aliphatic rings. The van der Waals surface area contributed by atoms with Crippen LogP contribution in [-0.4, -0.2) is 15.4 Å². The molecule has 96 valence electrons. The predicted octanol–water partition coefficient (Wildman–Crippen LogP) is 4.48. The van der Waals surface area contributed by atoms with Crippen molar-refractivity contribution in [2.75, 3.05) is 5.88 Å². The lowest BCUT2D eigenvalue weighted by Gasteiger charge is -2.41. The van der Waals surface area contributed by atoms with Gasteiger partial charge < -0.3 is 4.57 Å². The highest BCUT2D eigenvalue weighted by molar-refractivity contribution is 9.10. The molecule has 0 aliphatic heterocycles. The molecule has 2 aromatic rings. The predicted molar refractivity (Wildman–Crippen MR) is 79.4 cm³/mol. The summed E-state index contributed by atoms with van der Waals surface area (Å²) in [4.78, 5) is 4.76. The Bertz CT molecular complexity index is 587. The van der Waals surface area contributed by atoms with Crippen LogP contribution in [0.15, 0.2) is 22.7 Å². The van der Waals surface area contributed by atoms with Gasteiger partial charge in [-0.3, -0.25) is 0 Å². The summed E-state index contributed by atoms with van der Waals surface area (Å²) < 4.78 is 3.50. The minimum absolute atomic E-state index is 0.240. The van der Waals surface area contributed by atoms with Gasteiger partial charge >= 0.3 is 0 Å². The van der Waals surface area contributed by atoms with Crippen LogP contribution in [0.2, 0.25) is 0 Å². The molecule has 0 bridgehead atoms. The van der Waals surface area contributed by atoms with Crippen LogP contribution in [0, 0.1) is 0 Å². The number of benzene rings is 1. The minimum Gasteiger partial charge on any atom is -0.322 e. The molecule has 0 atom stereocenters. The van der Waals surface area contributed by atoms with Gasteiger partial charge in [-0.15, -0.1) is 11.6 Å². The van der Waals surface area contributed by atoms with Crippen molar-refractivity contribution < 1.29 is 0 Å². The summed E-state index contributed by atoms with van der Waals surface area (Å²) in [6.07, 6.45) is 4.63. The number of nitrogens with zero attached hydrogens (tertiary/aromatic N) is 2. The summed E-state index contributed by atoms with van der Waals surface area (Å²) in [6, 6.07) is 6.34. The largest absolute Gasteiger partial charge is 0.322 e. The molecular formula is C14H16BrClN2. The number of hydrogen-bond donors (Lipinski definition) is 0. The van der Waals surface area contributed by atoms with E-state index in [1.807, 2.05) is 0 Å². The van der Waals surface area contributed by atoms with E-state index in [0.29, 0.717) is 5.88 Å². The van der Waals surface area contributed by atoms with E-state index in [1.165, 1.54) is 24.8 Å². The molecule has 0 radical (unpaired) electrons. The summed E-state index contributed by atoms with van der Waals surface area (Å²) >= 11 is 9.43. The highest BCUT2D eigenvalue weighted by Crippen LogP contribution is 2.42. The summed E-state index contributed by atoms with van der Waals surface area (Å²) in [5.74, 6) is 1.75. The van der Waals surface area contributed by atoms with Crippen LogP contribution >= 0.6 is 27.5 Å². The Morgan fingerprint density at radius 1 is 1.44 bits per heavy atom. The molecule has 1 aromatic heterocycles. The molecule has 0 spiro atoms. The second-order valence-electron chi connectivity index (χ2n) is 5.29. The SMILES string of the molecule is CC1(n2c(CCCl)nc3cc(Br)ccc32)CCC1. The average Bonchev–Trinajstić information content (AvgIpc) is 2.64. The monoisotopic (exact) mass is 326 g/mol. The first-order valence-electron chi connectivity index (χ1n) is 6.37. The van der Waals surface area contributed by atoms with Gasteiger partial charge in [0.05, 0.1) is 11.0 Å². The molecule has 1 fully saturated rings. The highest BCUT2D eigenvalue weighted by Gasteiger charge is 2.36. The second-order valence-corrected chi connectivity index (χ2v) is 6.58. The molecule has 3 rings (SSSR count). The molecular weight excluding hydrogens is 312 g/mol. The zero-order chi connectivity index (χ0) is 12.8. The molecule has 18 heavy (non-hydrogen) atoms. The summed E-state index contributed by atoms with van der Waals surface area (Å²) in [5.41, 5.74) is 2.54. The number of aromatic nitrogens is 2. The molecule has 0 saturated heterocycles. The maximum absolute atomic E-state index is 5.92. The molecule has 0 N–H and O–H groups in total. The van der Waals surface area contributed by atoms with Gasteiger partial charge in [-0.05, 0) is 44.4 Å². The number of hydrogen-bond acceptors (Lipinski definition) is 1. The van der Waals surface area contributed by atoms with Crippen LogP contribution in [-0.2, 0) is 12.0 Å². The minimum atomic E-state index is 0.240. The molecule has 1 heterocycles. The standard InChI is InChI=1S/C14H16BrClN2/c1-14(6-2-7-14)18-12-4-3-10(15)9-11(12)17-13(18)5-8-16/h3-4,9H,2,5-8H2,1H3. The van der Waals surface area contributed by atoms with E-state index in [9.17, 15) is 0 Å². The Hall–Kier alpha value is -0.540. The van der Waals surface area contributed by atoms with Gasteiger partial charge in [0.25, 0.3) is 0 Å². The lowest BCUT2D eigenvalue weighted by atomic mass is 9.78. The zero-order valence-electron chi connectivity index (χ0n) is 10.4. The quantitative estimate of drug-likeness (QED) is 0.760. The Balaban J connectivity index is 2.21. The summed E-state index contributed by atoms with van der Waals surface area (Å²) in [5, 5.41) is 0. The van der Waals surface area contributed by atoms with Crippen molar-refractivity contribution >= 4 is 38.6 Å². The second kappa shape index (κ2) is 4.53. The van der Waals surface area contributed by atoms with Gasteiger partial charge in [-0.25, -0.2) is 4.98 Å². The van der Waals surface area contributed by atoms with E-state index in [-0.39, 0.29) is 5.54 Å². The van der Waals surface area contributed by atoms with Crippen molar-refractivity contribution in [3.05, 3.63) is 28.5 Å². The summed E-state index contributed by atoms with van der Waals surface area (Å²) in [6.45, 7) is 2.33.